The quantitative estimate of drug-likeness (QED) is 0.485. The van der Waals surface area contributed by atoms with Gasteiger partial charge in [0.1, 0.15) is 0 Å². The van der Waals surface area contributed by atoms with Crippen LogP contribution in [-0.2, 0) is 11.2 Å². The van der Waals surface area contributed by atoms with E-state index in [1.54, 1.807) is 0 Å². The molecule has 0 atom stereocenters. The number of aryl methyl sites for hydroxylation is 4. The number of nitrogens with zero attached hydrogens (tertiary/aromatic N) is 1. The van der Waals surface area contributed by atoms with E-state index in [4.69, 9.17) is 4.74 Å². The molecule has 0 radical (unpaired) electrons. The van der Waals surface area contributed by atoms with Gasteiger partial charge >= 0.3 is 5.97 Å². The normalized spacial score (nSPS) is 10.8. The lowest BCUT2D eigenvalue weighted by Crippen LogP contribution is -2.18. The lowest BCUT2D eigenvalue weighted by atomic mass is 10.0. The van der Waals surface area contributed by atoms with Crippen LogP contribution in [0.15, 0.2) is 42.5 Å². The molecule has 0 saturated carbocycles. The molecule has 4 heteroatoms. The highest BCUT2D eigenvalue weighted by Gasteiger charge is 2.20. The Kier molecular flexibility index (Phi) is 5.36. The monoisotopic (exact) mass is 361 g/mol. The number of carbonyl (C=O) groups is 2. The number of Topliss-reactive ketones (excluding diaryl/α,β-unsaturated/α-hetero) is 1. The van der Waals surface area contributed by atoms with Crippen molar-refractivity contribution in [3.8, 4) is 0 Å². The molecule has 0 aliphatic heterocycles. The van der Waals surface area contributed by atoms with E-state index in [1.165, 1.54) is 0 Å². The van der Waals surface area contributed by atoms with Crippen molar-refractivity contribution in [2.24, 2.45) is 0 Å². The minimum absolute atomic E-state index is 0.200. The molecule has 2 aromatic carbocycles. The zero-order chi connectivity index (χ0) is 19.6. The zero-order valence-electron chi connectivity index (χ0n) is 16.1. The average Bonchev–Trinajstić information content (AvgIpc) is 2.67. The fourth-order valence-corrected chi connectivity index (χ4v) is 3.28. The van der Waals surface area contributed by atoms with Crippen molar-refractivity contribution >= 4 is 22.7 Å². The first-order valence-electron chi connectivity index (χ1n) is 9.08. The standard InChI is InChI=1S/C23H23NO3/c1-5-19-22(16(4)17-8-6-7-9-20(17)24-19)23(26)27-13-21(25)18-12-14(2)10-11-15(18)3/h6-12H,5,13H2,1-4H3. The number of ether oxygens (including phenoxy) is 1. The Morgan fingerprint density at radius 1 is 1.04 bits per heavy atom. The van der Waals surface area contributed by atoms with E-state index in [2.05, 4.69) is 4.98 Å². The SMILES string of the molecule is CCc1nc2ccccc2c(C)c1C(=O)OCC(=O)c1cc(C)ccc1C. The molecule has 138 valence electrons. The third-order valence-corrected chi connectivity index (χ3v) is 4.79. The highest BCUT2D eigenvalue weighted by Crippen LogP contribution is 2.24. The van der Waals surface area contributed by atoms with Gasteiger partial charge in [-0.2, -0.15) is 0 Å². The molecular weight excluding hydrogens is 338 g/mol. The highest BCUT2D eigenvalue weighted by molar-refractivity contribution is 6.02. The van der Waals surface area contributed by atoms with E-state index in [1.807, 2.05) is 70.2 Å². The fraction of sp³-hybridized carbons (Fsp3) is 0.261. The molecule has 0 spiro atoms. The van der Waals surface area contributed by atoms with Crippen molar-refractivity contribution in [1.29, 1.82) is 0 Å². The van der Waals surface area contributed by atoms with E-state index in [0.717, 1.165) is 27.6 Å². The number of hydrogen-bond donors (Lipinski definition) is 0. The Balaban J connectivity index is 1.87. The van der Waals surface area contributed by atoms with Crippen LogP contribution in [0.4, 0.5) is 0 Å². The number of rotatable bonds is 5. The van der Waals surface area contributed by atoms with Crippen LogP contribution in [0.25, 0.3) is 10.9 Å². The molecule has 0 N–H and O–H groups in total. The van der Waals surface area contributed by atoms with Crippen molar-refractivity contribution in [3.63, 3.8) is 0 Å². The van der Waals surface area contributed by atoms with Crippen LogP contribution in [-0.4, -0.2) is 23.3 Å². The molecule has 1 heterocycles. The van der Waals surface area contributed by atoms with Gasteiger partial charge in [0.15, 0.2) is 6.61 Å². The number of carbonyl (C=O) groups excluding carboxylic acids is 2. The van der Waals surface area contributed by atoms with Crippen LogP contribution in [0, 0.1) is 20.8 Å². The molecule has 3 rings (SSSR count). The lowest BCUT2D eigenvalue weighted by molar-refractivity contribution is 0.0472. The van der Waals surface area contributed by atoms with Crippen molar-refractivity contribution in [2.75, 3.05) is 6.61 Å². The molecule has 0 saturated heterocycles. The van der Waals surface area contributed by atoms with E-state index >= 15 is 0 Å². The summed E-state index contributed by atoms with van der Waals surface area (Å²) in [7, 11) is 0. The van der Waals surface area contributed by atoms with E-state index in [-0.39, 0.29) is 12.4 Å². The number of aromatic nitrogens is 1. The van der Waals surface area contributed by atoms with Gasteiger partial charge in [-0.25, -0.2) is 4.79 Å². The van der Waals surface area contributed by atoms with Crippen molar-refractivity contribution < 1.29 is 14.3 Å². The summed E-state index contributed by atoms with van der Waals surface area (Å²) >= 11 is 0. The minimum atomic E-state index is -0.499. The summed E-state index contributed by atoms with van der Waals surface area (Å²) in [6, 6.07) is 13.4. The average molecular weight is 361 g/mol. The lowest BCUT2D eigenvalue weighted by Gasteiger charge is -2.13. The second kappa shape index (κ2) is 7.70. The Hall–Kier alpha value is -3.01. The van der Waals surface area contributed by atoms with Crippen LogP contribution in [0.5, 0.6) is 0 Å². The van der Waals surface area contributed by atoms with E-state index in [0.29, 0.717) is 23.2 Å². The smallest absolute Gasteiger partial charge is 0.340 e. The number of pyridine rings is 1. The first-order chi connectivity index (χ1) is 12.9. The maximum atomic E-state index is 12.8. The van der Waals surface area contributed by atoms with Crippen molar-refractivity contribution in [3.05, 3.63) is 76.0 Å². The van der Waals surface area contributed by atoms with Gasteiger partial charge in [0, 0.05) is 10.9 Å². The topological polar surface area (TPSA) is 56.3 Å². The number of para-hydroxylation sites is 1. The second-order valence-electron chi connectivity index (χ2n) is 6.75. The van der Waals surface area contributed by atoms with E-state index < -0.39 is 5.97 Å². The zero-order valence-corrected chi connectivity index (χ0v) is 16.1. The molecule has 4 nitrogen and oxygen atoms in total. The predicted molar refractivity (Wildman–Crippen MR) is 106 cm³/mol. The van der Waals surface area contributed by atoms with Crippen LogP contribution in [0.3, 0.4) is 0 Å². The molecule has 0 amide bonds. The molecule has 0 fully saturated rings. The predicted octanol–water partition coefficient (Wildman–Crippen LogP) is 4.76. The summed E-state index contributed by atoms with van der Waals surface area (Å²) in [5, 5.41) is 0.919. The van der Waals surface area contributed by atoms with Gasteiger partial charge in [-0.15, -0.1) is 0 Å². The third kappa shape index (κ3) is 3.75. The molecule has 0 aliphatic carbocycles. The van der Waals surface area contributed by atoms with Gasteiger partial charge < -0.3 is 4.74 Å². The number of hydrogen-bond acceptors (Lipinski definition) is 4. The largest absolute Gasteiger partial charge is 0.454 e. The third-order valence-electron chi connectivity index (χ3n) is 4.79. The molecular formula is C23H23NO3. The molecule has 1 aromatic heterocycles. The number of ketones is 1. The molecule has 0 unspecified atom stereocenters. The summed E-state index contributed by atoms with van der Waals surface area (Å²) in [6.45, 7) is 7.38. The number of benzene rings is 2. The number of esters is 1. The first-order valence-corrected chi connectivity index (χ1v) is 9.08. The van der Waals surface area contributed by atoms with Gasteiger partial charge in [-0.05, 0) is 50.5 Å². The molecule has 0 bridgehead atoms. The minimum Gasteiger partial charge on any atom is -0.454 e. The second-order valence-corrected chi connectivity index (χ2v) is 6.75. The van der Waals surface area contributed by atoms with Crippen LogP contribution >= 0.6 is 0 Å². The van der Waals surface area contributed by atoms with Gasteiger partial charge in [0.2, 0.25) is 5.78 Å². The Morgan fingerprint density at radius 3 is 2.52 bits per heavy atom. The summed E-state index contributed by atoms with van der Waals surface area (Å²) in [4.78, 5) is 29.9. The van der Waals surface area contributed by atoms with Gasteiger partial charge in [0.05, 0.1) is 16.8 Å². The first kappa shape index (κ1) is 18.8. The maximum Gasteiger partial charge on any atom is 0.340 e. The van der Waals surface area contributed by atoms with Crippen molar-refractivity contribution in [1.82, 2.24) is 4.98 Å². The Labute approximate surface area is 159 Å². The van der Waals surface area contributed by atoms with Crippen LogP contribution in [0.2, 0.25) is 0 Å². The number of fused-ring (bicyclic) bond motifs is 1. The van der Waals surface area contributed by atoms with Gasteiger partial charge in [-0.1, -0.05) is 42.8 Å². The van der Waals surface area contributed by atoms with Gasteiger partial charge in [-0.3, -0.25) is 9.78 Å². The van der Waals surface area contributed by atoms with Crippen LogP contribution in [0.1, 0.15) is 50.0 Å². The summed E-state index contributed by atoms with van der Waals surface area (Å²) in [5.41, 5.74) is 5.31. The molecule has 27 heavy (non-hydrogen) atoms. The summed E-state index contributed by atoms with van der Waals surface area (Å²) < 4.78 is 5.38. The van der Waals surface area contributed by atoms with E-state index in [9.17, 15) is 9.59 Å². The Morgan fingerprint density at radius 2 is 1.78 bits per heavy atom. The fourth-order valence-electron chi connectivity index (χ4n) is 3.28. The Bertz CT molecular complexity index is 1040. The maximum absolute atomic E-state index is 12.8. The summed E-state index contributed by atoms with van der Waals surface area (Å²) in [6.07, 6.45) is 0.612. The van der Waals surface area contributed by atoms with Gasteiger partial charge in [0.25, 0.3) is 0 Å². The highest BCUT2D eigenvalue weighted by atomic mass is 16.5. The van der Waals surface area contributed by atoms with Crippen molar-refractivity contribution in [2.45, 2.75) is 34.1 Å². The summed E-state index contributed by atoms with van der Waals surface area (Å²) in [5.74, 6) is -0.699. The molecule has 0 aliphatic rings. The molecule has 3 aromatic rings. The van der Waals surface area contributed by atoms with Crippen LogP contribution < -0.4 is 0 Å².